The van der Waals surface area contributed by atoms with E-state index < -0.39 is 0 Å². The van der Waals surface area contributed by atoms with Crippen LogP contribution in [0.2, 0.25) is 0 Å². The lowest BCUT2D eigenvalue weighted by Gasteiger charge is -2.26. The van der Waals surface area contributed by atoms with Gasteiger partial charge < -0.3 is 11.1 Å². The summed E-state index contributed by atoms with van der Waals surface area (Å²) in [5.74, 6) is -0.0935. The molecule has 1 aromatic heterocycles. The normalized spacial score (nSPS) is 17.6. The number of anilines is 1. The van der Waals surface area contributed by atoms with Crippen LogP contribution in [0.4, 0.5) is 5.69 Å². The van der Waals surface area contributed by atoms with E-state index in [-0.39, 0.29) is 11.9 Å². The van der Waals surface area contributed by atoms with Crippen LogP contribution in [0.15, 0.2) is 23.6 Å². The number of hydrogen-bond acceptors (Lipinski definition) is 4. The van der Waals surface area contributed by atoms with Gasteiger partial charge in [-0.3, -0.25) is 4.79 Å². The van der Waals surface area contributed by atoms with Gasteiger partial charge in [0.15, 0.2) is 0 Å². The van der Waals surface area contributed by atoms with Crippen LogP contribution >= 0.6 is 11.3 Å². The molecule has 0 spiro atoms. The van der Waals surface area contributed by atoms with Gasteiger partial charge in [-0.05, 0) is 49.4 Å². The Balaban J connectivity index is 1.81. The second-order valence-electron chi connectivity index (χ2n) is 5.13. The molecule has 1 amide bonds. The van der Waals surface area contributed by atoms with Gasteiger partial charge in [0, 0.05) is 11.1 Å². The highest BCUT2D eigenvalue weighted by Gasteiger charge is 2.23. The number of nitrogens with zero attached hydrogens (tertiary/aromatic N) is 1. The zero-order valence-electron chi connectivity index (χ0n) is 11.3. The van der Waals surface area contributed by atoms with Crippen LogP contribution in [0.25, 0.3) is 0 Å². The first kappa shape index (κ1) is 13.1. The summed E-state index contributed by atoms with van der Waals surface area (Å²) < 4.78 is 0. The molecule has 0 saturated heterocycles. The molecule has 0 saturated carbocycles. The molecule has 1 unspecified atom stereocenters. The van der Waals surface area contributed by atoms with E-state index >= 15 is 0 Å². The number of carbonyl (C=O) groups excluding carboxylic acids is 1. The Labute approximate surface area is 122 Å². The predicted molar refractivity (Wildman–Crippen MR) is 80.9 cm³/mol. The second-order valence-corrected chi connectivity index (χ2v) is 6.19. The van der Waals surface area contributed by atoms with Crippen molar-refractivity contribution in [3.8, 4) is 0 Å². The Morgan fingerprint density at radius 1 is 1.50 bits per heavy atom. The van der Waals surface area contributed by atoms with Crippen LogP contribution in [0.3, 0.4) is 0 Å². The zero-order chi connectivity index (χ0) is 14.1. The minimum atomic E-state index is -0.0935. The second kappa shape index (κ2) is 5.25. The molecule has 1 heterocycles. The summed E-state index contributed by atoms with van der Waals surface area (Å²) in [6.07, 6.45) is 3.06. The van der Waals surface area contributed by atoms with Crippen molar-refractivity contribution in [2.24, 2.45) is 0 Å². The maximum absolute atomic E-state index is 12.2. The first-order valence-corrected chi connectivity index (χ1v) is 7.63. The molecule has 0 bridgehead atoms. The van der Waals surface area contributed by atoms with Crippen LogP contribution in [-0.2, 0) is 6.42 Å². The number of benzene rings is 1. The number of aromatic nitrogens is 1. The Morgan fingerprint density at radius 2 is 2.35 bits per heavy atom. The van der Waals surface area contributed by atoms with E-state index in [0.717, 1.165) is 30.0 Å². The number of rotatable bonds is 2. The number of fused-ring (bicyclic) bond motifs is 1. The Kier molecular flexibility index (Phi) is 3.44. The molecule has 104 valence electrons. The lowest BCUT2D eigenvalue weighted by Crippen LogP contribution is -2.31. The van der Waals surface area contributed by atoms with Gasteiger partial charge in [0.2, 0.25) is 0 Å². The molecule has 0 aliphatic heterocycles. The fourth-order valence-corrected chi connectivity index (χ4v) is 3.28. The maximum atomic E-state index is 12.2. The van der Waals surface area contributed by atoms with E-state index in [1.54, 1.807) is 5.38 Å². The lowest BCUT2D eigenvalue weighted by molar-refractivity contribution is 0.0928. The van der Waals surface area contributed by atoms with Crippen LogP contribution in [0, 0.1) is 6.92 Å². The highest BCUT2D eigenvalue weighted by molar-refractivity contribution is 7.09. The number of nitrogen functional groups attached to an aromatic ring is 1. The third-order valence-corrected chi connectivity index (χ3v) is 4.41. The van der Waals surface area contributed by atoms with Gasteiger partial charge in [0.05, 0.1) is 11.0 Å². The third kappa shape index (κ3) is 2.54. The van der Waals surface area contributed by atoms with Gasteiger partial charge in [0.25, 0.3) is 5.91 Å². The molecular weight excluding hydrogens is 270 g/mol. The van der Waals surface area contributed by atoms with Gasteiger partial charge in [-0.15, -0.1) is 11.3 Å². The van der Waals surface area contributed by atoms with E-state index in [2.05, 4.69) is 10.3 Å². The Bertz CT molecular complexity index is 650. The maximum Gasteiger partial charge on any atom is 0.271 e. The van der Waals surface area contributed by atoms with Crippen molar-refractivity contribution in [3.05, 3.63) is 45.4 Å². The summed E-state index contributed by atoms with van der Waals surface area (Å²) >= 11 is 1.49. The van der Waals surface area contributed by atoms with Gasteiger partial charge in [-0.1, -0.05) is 6.07 Å². The van der Waals surface area contributed by atoms with Crippen LogP contribution in [0.1, 0.15) is 45.5 Å². The SMILES string of the molecule is Cc1nc(C(=O)NC2CCCc3cc(N)ccc32)cs1. The Hall–Kier alpha value is -1.88. The lowest BCUT2D eigenvalue weighted by atomic mass is 9.87. The molecule has 5 heteroatoms. The van der Waals surface area contributed by atoms with Crippen molar-refractivity contribution < 1.29 is 4.79 Å². The number of hydrogen-bond donors (Lipinski definition) is 2. The summed E-state index contributed by atoms with van der Waals surface area (Å²) in [6.45, 7) is 1.90. The topological polar surface area (TPSA) is 68.0 Å². The summed E-state index contributed by atoms with van der Waals surface area (Å²) in [7, 11) is 0. The van der Waals surface area contributed by atoms with Crippen molar-refractivity contribution in [3.63, 3.8) is 0 Å². The molecular formula is C15H17N3OS. The number of carbonyl (C=O) groups is 1. The number of nitrogens with one attached hydrogen (secondary N) is 1. The highest BCUT2D eigenvalue weighted by atomic mass is 32.1. The Morgan fingerprint density at radius 3 is 3.10 bits per heavy atom. The zero-order valence-corrected chi connectivity index (χ0v) is 12.2. The molecule has 4 nitrogen and oxygen atoms in total. The van der Waals surface area contributed by atoms with Crippen LogP contribution in [0.5, 0.6) is 0 Å². The first-order valence-electron chi connectivity index (χ1n) is 6.75. The van der Waals surface area contributed by atoms with Crippen molar-refractivity contribution in [1.29, 1.82) is 0 Å². The minimum Gasteiger partial charge on any atom is -0.399 e. The third-order valence-electron chi connectivity index (χ3n) is 3.64. The number of thiazole rings is 1. The molecule has 0 radical (unpaired) electrons. The molecule has 1 aliphatic carbocycles. The average molecular weight is 287 g/mol. The molecule has 3 rings (SSSR count). The van der Waals surface area contributed by atoms with E-state index in [0.29, 0.717) is 5.69 Å². The van der Waals surface area contributed by atoms with Crippen molar-refractivity contribution in [2.75, 3.05) is 5.73 Å². The molecule has 2 aromatic rings. The number of aryl methyl sites for hydroxylation is 2. The van der Waals surface area contributed by atoms with Gasteiger partial charge in [0.1, 0.15) is 5.69 Å². The van der Waals surface area contributed by atoms with Crippen molar-refractivity contribution >= 4 is 22.9 Å². The summed E-state index contributed by atoms with van der Waals surface area (Å²) in [5.41, 5.74) is 9.55. The summed E-state index contributed by atoms with van der Waals surface area (Å²) in [4.78, 5) is 16.4. The van der Waals surface area contributed by atoms with Crippen LogP contribution in [-0.4, -0.2) is 10.9 Å². The smallest absolute Gasteiger partial charge is 0.271 e. The van der Waals surface area contributed by atoms with Crippen LogP contribution < -0.4 is 11.1 Å². The monoisotopic (exact) mass is 287 g/mol. The predicted octanol–water partition coefficient (Wildman–Crippen LogP) is 2.84. The number of nitrogens with two attached hydrogens (primary N) is 1. The molecule has 3 N–H and O–H groups in total. The van der Waals surface area contributed by atoms with Gasteiger partial charge in [-0.2, -0.15) is 0 Å². The molecule has 0 fully saturated rings. The summed E-state index contributed by atoms with van der Waals surface area (Å²) in [6, 6.07) is 6.01. The minimum absolute atomic E-state index is 0.0638. The van der Waals surface area contributed by atoms with Crippen molar-refractivity contribution in [2.45, 2.75) is 32.2 Å². The molecule has 1 atom stereocenters. The van der Waals surface area contributed by atoms with Crippen molar-refractivity contribution in [1.82, 2.24) is 10.3 Å². The van der Waals surface area contributed by atoms with E-state index in [1.807, 2.05) is 25.1 Å². The van der Waals surface area contributed by atoms with E-state index in [1.165, 1.54) is 22.5 Å². The van der Waals surface area contributed by atoms with E-state index in [9.17, 15) is 4.79 Å². The summed E-state index contributed by atoms with van der Waals surface area (Å²) in [5, 5.41) is 5.80. The fourth-order valence-electron chi connectivity index (χ4n) is 2.68. The molecule has 20 heavy (non-hydrogen) atoms. The first-order chi connectivity index (χ1) is 9.63. The quantitative estimate of drug-likeness (QED) is 0.835. The number of amides is 1. The fraction of sp³-hybridized carbons (Fsp3) is 0.333. The highest BCUT2D eigenvalue weighted by Crippen LogP contribution is 2.31. The largest absolute Gasteiger partial charge is 0.399 e. The standard InChI is InChI=1S/C15H17N3OS/c1-9-17-14(8-20-9)15(19)18-13-4-2-3-10-7-11(16)5-6-12(10)13/h5-8,13H,2-4,16H2,1H3,(H,18,19). The van der Waals surface area contributed by atoms with E-state index in [4.69, 9.17) is 5.73 Å². The van der Waals surface area contributed by atoms with Gasteiger partial charge >= 0.3 is 0 Å². The average Bonchev–Trinajstić information content (AvgIpc) is 2.85. The molecule has 1 aromatic carbocycles. The van der Waals surface area contributed by atoms with Gasteiger partial charge in [-0.25, -0.2) is 4.98 Å². The molecule has 1 aliphatic rings.